The highest BCUT2D eigenvalue weighted by atomic mass is 32.1. The Kier molecular flexibility index (Phi) is 5.59. The Morgan fingerprint density at radius 2 is 2.03 bits per heavy atom. The number of thiazole rings is 1. The molecule has 12 heteroatoms. The van der Waals surface area contributed by atoms with Crippen LogP contribution in [0, 0.1) is 0 Å². The van der Waals surface area contributed by atoms with E-state index >= 15 is 0 Å². The number of hydrogen-bond donors (Lipinski definition) is 1. The number of thiophene rings is 1. The number of ether oxygens (including phenoxy) is 2. The maximum absolute atomic E-state index is 12.4. The first kappa shape index (κ1) is 19.8. The van der Waals surface area contributed by atoms with Crippen LogP contribution in [0.3, 0.4) is 0 Å². The van der Waals surface area contributed by atoms with Crippen LogP contribution in [-0.2, 0) is 11.3 Å². The van der Waals surface area contributed by atoms with E-state index in [9.17, 15) is 9.59 Å². The van der Waals surface area contributed by atoms with Crippen LogP contribution in [0.2, 0.25) is 0 Å². The number of amides is 1. The summed E-state index contributed by atoms with van der Waals surface area (Å²) in [6, 6.07) is 8.93. The Morgan fingerprint density at radius 3 is 2.77 bits per heavy atom. The lowest BCUT2D eigenvalue weighted by molar-refractivity contribution is -0.117. The molecule has 0 aliphatic rings. The van der Waals surface area contributed by atoms with Crippen molar-refractivity contribution in [3.05, 3.63) is 51.6 Å². The summed E-state index contributed by atoms with van der Waals surface area (Å²) < 4.78 is 12.8. The second-order valence-electron chi connectivity index (χ2n) is 5.93. The highest BCUT2D eigenvalue weighted by Gasteiger charge is 2.16. The smallest absolute Gasteiger partial charge is 0.369 e. The molecule has 0 unspecified atom stereocenters. The van der Waals surface area contributed by atoms with E-state index < -0.39 is 11.6 Å². The van der Waals surface area contributed by atoms with E-state index in [0.717, 1.165) is 14.9 Å². The zero-order chi connectivity index (χ0) is 21.1. The van der Waals surface area contributed by atoms with Crippen molar-refractivity contribution in [3.63, 3.8) is 0 Å². The molecule has 4 rings (SSSR count). The van der Waals surface area contributed by atoms with Gasteiger partial charge in [0, 0.05) is 10.9 Å². The molecule has 3 aromatic heterocycles. The number of tetrazole rings is 1. The van der Waals surface area contributed by atoms with Crippen LogP contribution in [0.25, 0.3) is 16.3 Å². The molecule has 4 aromatic rings. The standard InChI is InChI=1S/C18H16N6O4S2/c1-27-11-5-6-14(28-2)12(8-11)13-10-30-17(19-13)20-15(25)9-23-18(26)24(22-21-23)16-4-3-7-29-16/h3-8,10H,9H2,1-2H3,(H,19,20,25). The lowest BCUT2D eigenvalue weighted by Crippen LogP contribution is -2.29. The van der Waals surface area contributed by atoms with Gasteiger partial charge in [-0.2, -0.15) is 9.36 Å². The first-order chi connectivity index (χ1) is 14.6. The zero-order valence-electron chi connectivity index (χ0n) is 15.9. The van der Waals surface area contributed by atoms with Crippen LogP contribution in [-0.4, -0.2) is 44.9 Å². The van der Waals surface area contributed by atoms with Crippen molar-refractivity contribution in [2.75, 3.05) is 19.5 Å². The van der Waals surface area contributed by atoms with Crippen molar-refractivity contribution < 1.29 is 14.3 Å². The van der Waals surface area contributed by atoms with E-state index in [4.69, 9.17) is 9.47 Å². The molecule has 30 heavy (non-hydrogen) atoms. The first-order valence-electron chi connectivity index (χ1n) is 8.63. The molecule has 0 atom stereocenters. The quantitative estimate of drug-likeness (QED) is 0.465. The summed E-state index contributed by atoms with van der Waals surface area (Å²) in [5.41, 5.74) is 0.879. The predicted octanol–water partition coefficient (Wildman–Crippen LogP) is 2.27. The molecule has 3 heterocycles. The molecule has 0 spiro atoms. The van der Waals surface area contributed by atoms with Gasteiger partial charge in [-0.05, 0) is 46.1 Å². The molecule has 154 valence electrons. The third-order valence-electron chi connectivity index (χ3n) is 4.08. The van der Waals surface area contributed by atoms with Crippen molar-refractivity contribution in [2.24, 2.45) is 0 Å². The van der Waals surface area contributed by atoms with Crippen LogP contribution in [0.4, 0.5) is 5.13 Å². The van der Waals surface area contributed by atoms with Gasteiger partial charge in [0.15, 0.2) is 5.13 Å². The van der Waals surface area contributed by atoms with Gasteiger partial charge in [0.1, 0.15) is 23.0 Å². The molecule has 1 amide bonds. The van der Waals surface area contributed by atoms with Crippen molar-refractivity contribution in [3.8, 4) is 27.8 Å². The Labute approximate surface area is 178 Å². The molecule has 0 saturated heterocycles. The number of carbonyl (C=O) groups excluding carboxylic acids is 1. The number of anilines is 1. The number of methoxy groups -OCH3 is 2. The number of aromatic nitrogens is 5. The van der Waals surface area contributed by atoms with E-state index in [0.29, 0.717) is 27.3 Å². The van der Waals surface area contributed by atoms with Gasteiger partial charge >= 0.3 is 5.69 Å². The summed E-state index contributed by atoms with van der Waals surface area (Å²) in [5, 5.41) is 14.9. The summed E-state index contributed by atoms with van der Waals surface area (Å²) in [6.07, 6.45) is 0. The fourth-order valence-corrected chi connectivity index (χ4v) is 4.06. The zero-order valence-corrected chi connectivity index (χ0v) is 17.6. The maximum Gasteiger partial charge on any atom is 0.369 e. The van der Waals surface area contributed by atoms with Crippen LogP contribution in [0.15, 0.2) is 45.9 Å². The van der Waals surface area contributed by atoms with Gasteiger partial charge in [0.05, 0.1) is 19.9 Å². The van der Waals surface area contributed by atoms with Gasteiger partial charge in [0.2, 0.25) is 5.91 Å². The van der Waals surface area contributed by atoms with Crippen molar-refractivity contribution in [1.82, 2.24) is 24.8 Å². The molecular formula is C18H16N6O4S2. The van der Waals surface area contributed by atoms with Gasteiger partial charge in [-0.15, -0.1) is 22.7 Å². The van der Waals surface area contributed by atoms with Crippen molar-refractivity contribution >= 4 is 33.7 Å². The largest absolute Gasteiger partial charge is 0.497 e. The molecule has 10 nitrogen and oxygen atoms in total. The third-order valence-corrected chi connectivity index (χ3v) is 5.68. The summed E-state index contributed by atoms with van der Waals surface area (Å²) in [5.74, 6) is 0.863. The maximum atomic E-state index is 12.4. The minimum absolute atomic E-state index is 0.276. The van der Waals surface area contributed by atoms with Crippen LogP contribution in [0.1, 0.15) is 0 Å². The van der Waals surface area contributed by atoms with Crippen molar-refractivity contribution in [1.29, 1.82) is 0 Å². The fraction of sp³-hybridized carbons (Fsp3) is 0.167. The van der Waals surface area contributed by atoms with Crippen LogP contribution < -0.4 is 20.5 Å². The summed E-state index contributed by atoms with van der Waals surface area (Å²) in [6.45, 7) is -0.276. The minimum Gasteiger partial charge on any atom is -0.497 e. The fourth-order valence-electron chi connectivity index (χ4n) is 2.67. The molecule has 0 radical (unpaired) electrons. The third kappa shape index (κ3) is 3.95. The van der Waals surface area contributed by atoms with E-state index in [1.165, 1.54) is 22.7 Å². The summed E-state index contributed by atoms with van der Waals surface area (Å²) >= 11 is 2.61. The number of benzene rings is 1. The summed E-state index contributed by atoms with van der Waals surface area (Å²) in [7, 11) is 3.15. The number of carbonyl (C=O) groups is 1. The highest BCUT2D eigenvalue weighted by molar-refractivity contribution is 7.14. The monoisotopic (exact) mass is 444 g/mol. The number of nitrogens with one attached hydrogen (secondary N) is 1. The first-order valence-corrected chi connectivity index (χ1v) is 10.4. The lowest BCUT2D eigenvalue weighted by Gasteiger charge is -2.08. The highest BCUT2D eigenvalue weighted by Crippen LogP contribution is 2.35. The molecule has 0 saturated carbocycles. The summed E-state index contributed by atoms with van der Waals surface area (Å²) in [4.78, 5) is 29.2. The normalized spacial score (nSPS) is 10.7. The van der Waals surface area contributed by atoms with E-state index in [2.05, 4.69) is 20.7 Å². The van der Waals surface area contributed by atoms with E-state index in [1.54, 1.807) is 43.9 Å². The SMILES string of the molecule is COc1ccc(OC)c(-c2csc(NC(=O)Cn3nnn(-c4cccs4)c3=O)n2)c1. The Balaban J connectivity index is 1.48. The van der Waals surface area contributed by atoms with Gasteiger partial charge in [-0.25, -0.2) is 9.78 Å². The average molecular weight is 444 g/mol. The Hall–Kier alpha value is -3.51. The molecule has 0 aliphatic carbocycles. The van der Waals surface area contributed by atoms with Crippen LogP contribution in [0.5, 0.6) is 11.5 Å². The van der Waals surface area contributed by atoms with Gasteiger partial charge in [0.25, 0.3) is 0 Å². The average Bonchev–Trinajstić information content (AvgIpc) is 3.50. The minimum atomic E-state index is -0.492. The molecule has 0 fully saturated rings. The van der Waals surface area contributed by atoms with Gasteiger partial charge in [-0.1, -0.05) is 0 Å². The van der Waals surface area contributed by atoms with E-state index in [-0.39, 0.29) is 6.54 Å². The number of nitrogens with zero attached hydrogens (tertiary/aromatic N) is 5. The second kappa shape index (κ2) is 8.47. The number of hydrogen-bond acceptors (Lipinski definition) is 9. The molecule has 0 aliphatic heterocycles. The molecule has 1 aromatic carbocycles. The Bertz CT molecular complexity index is 1230. The molecule has 1 N–H and O–H groups in total. The predicted molar refractivity (Wildman–Crippen MR) is 113 cm³/mol. The Morgan fingerprint density at radius 1 is 1.17 bits per heavy atom. The molecular weight excluding hydrogens is 428 g/mol. The lowest BCUT2D eigenvalue weighted by atomic mass is 10.1. The second-order valence-corrected chi connectivity index (χ2v) is 7.72. The van der Waals surface area contributed by atoms with E-state index in [1.807, 2.05) is 11.4 Å². The van der Waals surface area contributed by atoms with Crippen LogP contribution >= 0.6 is 22.7 Å². The topological polar surface area (TPSA) is 113 Å². The molecule has 0 bridgehead atoms. The number of rotatable bonds is 7. The van der Waals surface area contributed by atoms with Gasteiger partial charge in [-0.3, -0.25) is 4.79 Å². The van der Waals surface area contributed by atoms with Crippen molar-refractivity contribution in [2.45, 2.75) is 6.54 Å². The van der Waals surface area contributed by atoms with Gasteiger partial charge < -0.3 is 14.8 Å².